The summed E-state index contributed by atoms with van der Waals surface area (Å²) in [5, 5.41) is 19.4. The standard InChI is InChI=1S/C12H16O3/c1-11(2,10(13)14)12(3,15)9-7-5-4-6-8-9/h4-8,15H,1-3H3,(H,13,14). The SMILES string of the molecule is CC(C)(C(=O)O)C(C)(O)c1ccccc1. The van der Waals surface area contributed by atoms with Crippen LogP contribution in [0.3, 0.4) is 0 Å². The van der Waals surface area contributed by atoms with Crippen LogP contribution in [0.25, 0.3) is 0 Å². The van der Waals surface area contributed by atoms with Crippen molar-refractivity contribution in [3.63, 3.8) is 0 Å². The molecule has 3 heteroatoms. The summed E-state index contributed by atoms with van der Waals surface area (Å²) in [5.41, 5.74) is -2.01. The zero-order valence-electron chi connectivity index (χ0n) is 9.19. The minimum Gasteiger partial charge on any atom is -0.481 e. The molecule has 0 saturated heterocycles. The van der Waals surface area contributed by atoms with Crippen molar-refractivity contribution in [1.29, 1.82) is 0 Å². The van der Waals surface area contributed by atoms with Crippen molar-refractivity contribution in [2.45, 2.75) is 26.4 Å². The second-order valence-corrected chi connectivity index (χ2v) is 4.37. The maximum absolute atomic E-state index is 11.1. The second kappa shape index (κ2) is 3.66. The number of rotatable bonds is 3. The number of hydrogen-bond donors (Lipinski definition) is 2. The largest absolute Gasteiger partial charge is 0.481 e. The van der Waals surface area contributed by atoms with Crippen LogP contribution in [-0.4, -0.2) is 16.2 Å². The number of carbonyl (C=O) groups is 1. The van der Waals surface area contributed by atoms with E-state index in [0.29, 0.717) is 5.56 Å². The molecule has 0 aliphatic heterocycles. The molecule has 3 nitrogen and oxygen atoms in total. The molecule has 0 bridgehead atoms. The van der Waals surface area contributed by atoms with Crippen molar-refractivity contribution in [3.8, 4) is 0 Å². The fraction of sp³-hybridized carbons (Fsp3) is 0.417. The molecule has 0 radical (unpaired) electrons. The Hall–Kier alpha value is -1.35. The van der Waals surface area contributed by atoms with Crippen LogP contribution in [-0.2, 0) is 10.4 Å². The Labute approximate surface area is 89.4 Å². The van der Waals surface area contributed by atoms with E-state index in [1.54, 1.807) is 24.3 Å². The predicted octanol–water partition coefficient (Wildman–Crippen LogP) is 2.00. The first kappa shape index (κ1) is 11.7. The van der Waals surface area contributed by atoms with Crippen LogP contribution in [0.2, 0.25) is 0 Å². The van der Waals surface area contributed by atoms with Crippen molar-refractivity contribution in [2.75, 3.05) is 0 Å². The Kier molecular flexibility index (Phi) is 2.86. The fourth-order valence-corrected chi connectivity index (χ4v) is 1.33. The average Bonchev–Trinajstić information content (AvgIpc) is 2.18. The summed E-state index contributed by atoms with van der Waals surface area (Å²) in [4.78, 5) is 11.1. The van der Waals surface area contributed by atoms with Gasteiger partial charge in [-0.1, -0.05) is 30.3 Å². The molecule has 0 aliphatic carbocycles. The molecule has 15 heavy (non-hydrogen) atoms. The molecule has 0 fully saturated rings. The molecule has 0 spiro atoms. The lowest BCUT2D eigenvalue weighted by atomic mass is 9.72. The van der Waals surface area contributed by atoms with Crippen LogP contribution in [0.15, 0.2) is 30.3 Å². The van der Waals surface area contributed by atoms with E-state index in [1.165, 1.54) is 20.8 Å². The summed E-state index contributed by atoms with van der Waals surface area (Å²) < 4.78 is 0. The lowest BCUT2D eigenvalue weighted by Gasteiger charge is -2.36. The van der Waals surface area contributed by atoms with Crippen molar-refractivity contribution >= 4 is 5.97 Å². The monoisotopic (exact) mass is 208 g/mol. The maximum atomic E-state index is 11.1. The highest BCUT2D eigenvalue weighted by Gasteiger charge is 2.46. The van der Waals surface area contributed by atoms with E-state index in [4.69, 9.17) is 5.11 Å². The Bertz CT molecular complexity index is 352. The minimum absolute atomic E-state index is 0.609. The molecule has 1 unspecified atom stereocenters. The van der Waals surface area contributed by atoms with Gasteiger partial charge in [0.05, 0.1) is 5.41 Å². The lowest BCUT2D eigenvalue weighted by molar-refractivity contribution is -0.164. The first-order valence-corrected chi connectivity index (χ1v) is 4.81. The van der Waals surface area contributed by atoms with E-state index in [-0.39, 0.29) is 0 Å². The topological polar surface area (TPSA) is 57.5 Å². The number of aliphatic carboxylic acids is 1. The average molecular weight is 208 g/mol. The van der Waals surface area contributed by atoms with Gasteiger partial charge in [-0.15, -0.1) is 0 Å². The molecule has 0 amide bonds. The Morgan fingerprint density at radius 1 is 1.13 bits per heavy atom. The second-order valence-electron chi connectivity index (χ2n) is 4.37. The van der Waals surface area contributed by atoms with Crippen molar-refractivity contribution in [2.24, 2.45) is 5.41 Å². The molecule has 1 aromatic carbocycles. The minimum atomic E-state index is -1.39. The molecule has 1 rings (SSSR count). The molecule has 1 aromatic rings. The highest BCUT2D eigenvalue weighted by molar-refractivity contribution is 5.75. The van der Waals surface area contributed by atoms with Gasteiger partial charge in [0.1, 0.15) is 5.60 Å². The number of carboxylic acids is 1. The van der Waals surface area contributed by atoms with Gasteiger partial charge >= 0.3 is 5.97 Å². The zero-order chi connectivity index (χ0) is 11.7. The highest BCUT2D eigenvalue weighted by Crippen LogP contribution is 2.39. The van der Waals surface area contributed by atoms with Gasteiger partial charge in [0, 0.05) is 0 Å². The van der Waals surface area contributed by atoms with Gasteiger partial charge in [-0.2, -0.15) is 0 Å². The van der Waals surface area contributed by atoms with Crippen LogP contribution in [0.1, 0.15) is 26.3 Å². The third kappa shape index (κ3) is 1.88. The molecule has 0 aliphatic rings. The van der Waals surface area contributed by atoms with Gasteiger partial charge in [-0.25, -0.2) is 0 Å². The molecule has 82 valence electrons. The van der Waals surface area contributed by atoms with Crippen LogP contribution < -0.4 is 0 Å². The number of carboxylic acid groups (broad SMARTS) is 1. The summed E-state index contributed by atoms with van der Waals surface area (Å²) in [6.45, 7) is 4.56. The normalized spacial score (nSPS) is 15.7. The van der Waals surface area contributed by atoms with E-state index in [0.717, 1.165) is 0 Å². The smallest absolute Gasteiger partial charge is 0.312 e. The maximum Gasteiger partial charge on any atom is 0.312 e. The zero-order valence-corrected chi connectivity index (χ0v) is 9.19. The van der Waals surface area contributed by atoms with Crippen LogP contribution >= 0.6 is 0 Å². The molecule has 2 N–H and O–H groups in total. The molecular formula is C12H16O3. The summed E-state index contributed by atoms with van der Waals surface area (Å²) in [6, 6.07) is 8.84. The van der Waals surface area contributed by atoms with Crippen molar-refractivity contribution in [1.82, 2.24) is 0 Å². The van der Waals surface area contributed by atoms with Gasteiger partial charge in [-0.3, -0.25) is 4.79 Å². The molecule has 0 aromatic heterocycles. The van der Waals surface area contributed by atoms with Crippen LogP contribution in [0.5, 0.6) is 0 Å². The third-order valence-electron chi connectivity index (χ3n) is 3.09. The third-order valence-corrected chi connectivity index (χ3v) is 3.09. The Morgan fingerprint density at radius 2 is 1.60 bits per heavy atom. The van der Waals surface area contributed by atoms with E-state index >= 15 is 0 Å². The molecule has 0 saturated carbocycles. The number of benzene rings is 1. The highest BCUT2D eigenvalue weighted by atomic mass is 16.4. The van der Waals surface area contributed by atoms with Crippen molar-refractivity contribution in [3.05, 3.63) is 35.9 Å². The first-order valence-electron chi connectivity index (χ1n) is 4.81. The van der Waals surface area contributed by atoms with E-state index < -0.39 is 17.0 Å². The van der Waals surface area contributed by atoms with Crippen LogP contribution in [0.4, 0.5) is 0 Å². The van der Waals surface area contributed by atoms with E-state index in [2.05, 4.69) is 0 Å². The lowest BCUT2D eigenvalue weighted by Crippen LogP contribution is -2.44. The molecular weight excluding hydrogens is 192 g/mol. The number of hydrogen-bond acceptors (Lipinski definition) is 2. The summed E-state index contributed by atoms with van der Waals surface area (Å²) in [5.74, 6) is -1.02. The van der Waals surface area contributed by atoms with Gasteiger partial charge in [0.2, 0.25) is 0 Å². The number of aliphatic hydroxyl groups is 1. The van der Waals surface area contributed by atoms with E-state index in [9.17, 15) is 9.90 Å². The molecule has 1 atom stereocenters. The predicted molar refractivity (Wildman–Crippen MR) is 57.4 cm³/mol. The van der Waals surface area contributed by atoms with E-state index in [1.807, 2.05) is 6.07 Å². The van der Waals surface area contributed by atoms with Crippen LogP contribution in [0, 0.1) is 5.41 Å². The Morgan fingerprint density at radius 3 is 2.00 bits per heavy atom. The quantitative estimate of drug-likeness (QED) is 0.798. The Balaban J connectivity index is 3.19. The summed E-state index contributed by atoms with van der Waals surface area (Å²) in [7, 11) is 0. The van der Waals surface area contributed by atoms with Gasteiger partial charge in [0.25, 0.3) is 0 Å². The summed E-state index contributed by atoms with van der Waals surface area (Å²) in [6.07, 6.45) is 0. The molecule has 0 heterocycles. The van der Waals surface area contributed by atoms with Gasteiger partial charge < -0.3 is 10.2 Å². The van der Waals surface area contributed by atoms with Gasteiger partial charge in [-0.05, 0) is 26.3 Å². The first-order chi connectivity index (χ1) is 6.80. The van der Waals surface area contributed by atoms with Crippen molar-refractivity contribution < 1.29 is 15.0 Å². The van der Waals surface area contributed by atoms with Gasteiger partial charge in [0.15, 0.2) is 0 Å². The fourth-order valence-electron chi connectivity index (χ4n) is 1.33. The summed E-state index contributed by atoms with van der Waals surface area (Å²) >= 11 is 0.